The van der Waals surface area contributed by atoms with Crippen LogP contribution in [0.2, 0.25) is 0 Å². The van der Waals surface area contributed by atoms with Crippen molar-refractivity contribution in [2.75, 3.05) is 7.11 Å². The van der Waals surface area contributed by atoms with Crippen molar-refractivity contribution in [1.29, 1.82) is 0 Å². The minimum absolute atomic E-state index is 0.155. The number of halogens is 3. The Hall–Kier alpha value is -2.49. The van der Waals surface area contributed by atoms with Crippen LogP contribution in [-0.2, 0) is 6.42 Å². The Bertz CT molecular complexity index is 1040. The molecule has 0 radical (unpaired) electrons. The Kier molecular flexibility index (Phi) is 6.54. The second-order valence-electron chi connectivity index (χ2n) is 8.79. The van der Waals surface area contributed by atoms with Gasteiger partial charge in [0.15, 0.2) is 17.4 Å². The maximum atomic E-state index is 15.2. The quantitative estimate of drug-likeness (QED) is 0.387. The number of hydrogen-bond donors (Lipinski definition) is 0. The third-order valence-corrected chi connectivity index (χ3v) is 6.92. The van der Waals surface area contributed by atoms with E-state index in [1.165, 1.54) is 51.2 Å². The van der Waals surface area contributed by atoms with Crippen molar-refractivity contribution >= 4 is 10.8 Å². The number of aryl methyl sites for hydroxylation is 1. The summed E-state index contributed by atoms with van der Waals surface area (Å²) in [5, 5.41) is 1.27. The molecule has 164 valence electrons. The zero-order valence-corrected chi connectivity index (χ0v) is 18.2. The summed E-state index contributed by atoms with van der Waals surface area (Å²) in [4.78, 5) is 0. The highest BCUT2D eigenvalue weighted by molar-refractivity contribution is 5.88. The predicted octanol–water partition coefficient (Wildman–Crippen LogP) is 8.08. The van der Waals surface area contributed by atoms with E-state index >= 15 is 4.39 Å². The van der Waals surface area contributed by atoms with Gasteiger partial charge in [-0.25, -0.2) is 13.2 Å². The van der Waals surface area contributed by atoms with Gasteiger partial charge >= 0.3 is 0 Å². The van der Waals surface area contributed by atoms with Crippen molar-refractivity contribution in [2.45, 2.75) is 51.9 Å². The van der Waals surface area contributed by atoms with Crippen LogP contribution in [0.3, 0.4) is 0 Å². The lowest BCUT2D eigenvalue weighted by atomic mass is 9.78. The number of ether oxygens (including phenoxy) is 1. The second-order valence-corrected chi connectivity index (χ2v) is 8.79. The predicted molar refractivity (Wildman–Crippen MR) is 120 cm³/mol. The van der Waals surface area contributed by atoms with Crippen molar-refractivity contribution < 1.29 is 17.9 Å². The summed E-state index contributed by atoms with van der Waals surface area (Å²) in [6.07, 6.45) is 8.79. The molecule has 0 saturated heterocycles. The third kappa shape index (κ3) is 4.58. The summed E-state index contributed by atoms with van der Waals surface area (Å²) < 4.78 is 48.1. The van der Waals surface area contributed by atoms with Crippen molar-refractivity contribution in [3.8, 4) is 16.9 Å². The van der Waals surface area contributed by atoms with Gasteiger partial charge in [0.05, 0.1) is 7.11 Å². The van der Waals surface area contributed by atoms with E-state index in [1.807, 2.05) is 18.2 Å². The SMILES string of the molecule is CC[C@H]1CC[C@H](CCc2ccc3c(F)c(-c4cc(F)c(OC)c(F)c4)ccc3c2)CC1. The van der Waals surface area contributed by atoms with Crippen LogP contribution in [0.4, 0.5) is 13.2 Å². The van der Waals surface area contributed by atoms with E-state index in [9.17, 15) is 8.78 Å². The zero-order chi connectivity index (χ0) is 22.0. The number of rotatable bonds is 6. The van der Waals surface area contributed by atoms with E-state index in [1.54, 1.807) is 12.1 Å². The molecule has 0 heterocycles. The van der Waals surface area contributed by atoms with Crippen LogP contribution >= 0.6 is 0 Å². The molecular formula is C27H29F3O. The Morgan fingerprint density at radius 3 is 2.19 bits per heavy atom. The summed E-state index contributed by atoms with van der Waals surface area (Å²) in [7, 11) is 1.20. The molecule has 4 heteroatoms. The fourth-order valence-electron chi connectivity index (χ4n) is 4.93. The maximum absolute atomic E-state index is 15.2. The van der Waals surface area contributed by atoms with Crippen molar-refractivity contribution in [1.82, 2.24) is 0 Å². The second kappa shape index (κ2) is 9.33. The number of benzene rings is 3. The number of fused-ring (bicyclic) bond motifs is 1. The summed E-state index contributed by atoms with van der Waals surface area (Å²) >= 11 is 0. The lowest BCUT2D eigenvalue weighted by Gasteiger charge is -2.27. The highest BCUT2D eigenvalue weighted by Gasteiger charge is 2.20. The fourth-order valence-corrected chi connectivity index (χ4v) is 4.93. The minimum atomic E-state index is -0.847. The van der Waals surface area contributed by atoms with Crippen LogP contribution in [0.5, 0.6) is 5.75 Å². The van der Waals surface area contributed by atoms with Gasteiger partial charge in [-0.05, 0) is 53.3 Å². The van der Waals surface area contributed by atoms with Crippen LogP contribution in [-0.4, -0.2) is 7.11 Å². The minimum Gasteiger partial charge on any atom is -0.491 e. The van der Waals surface area contributed by atoms with Gasteiger partial charge in [-0.15, -0.1) is 0 Å². The summed E-state index contributed by atoms with van der Waals surface area (Å²) in [6, 6.07) is 11.4. The highest BCUT2D eigenvalue weighted by Crippen LogP contribution is 2.35. The van der Waals surface area contributed by atoms with Crippen molar-refractivity contribution in [2.24, 2.45) is 11.8 Å². The topological polar surface area (TPSA) is 9.23 Å². The Labute approximate surface area is 182 Å². The zero-order valence-electron chi connectivity index (χ0n) is 18.2. The molecule has 3 aromatic carbocycles. The first-order chi connectivity index (χ1) is 15.0. The molecule has 1 saturated carbocycles. The molecular weight excluding hydrogens is 397 g/mol. The Morgan fingerprint density at radius 2 is 1.55 bits per heavy atom. The van der Waals surface area contributed by atoms with Gasteiger partial charge < -0.3 is 4.74 Å². The molecule has 4 rings (SSSR count). The van der Waals surface area contributed by atoms with E-state index in [-0.39, 0.29) is 11.1 Å². The molecule has 0 bridgehead atoms. The lowest BCUT2D eigenvalue weighted by molar-refractivity contribution is 0.259. The van der Waals surface area contributed by atoms with E-state index < -0.39 is 23.2 Å². The molecule has 0 unspecified atom stereocenters. The first-order valence-corrected chi connectivity index (χ1v) is 11.2. The van der Waals surface area contributed by atoms with Gasteiger partial charge in [-0.2, -0.15) is 0 Å². The van der Waals surface area contributed by atoms with E-state index in [0.29, 0.717) is 5.39 Å². The fraction of sp³-hybridized carbons (Fsp3) is 0.407. The van der Waals surface area contributed by atoms with Gasteiger partial charge in [0.1, 0.15) is 5.82 Å². The van der Waals surface area contributed by atoms with Crippen LogP contribution in [0.1, 0.15) is 51.0 Å². The largest absolute Gasteiger partial charge is 0.491 e. The Balaban J connectivity index is 1.53. The van der Waals surface area contributed by atoms with Gasteiger partial charge in [-0.3, -0.25) is 0 Å². The van der Waals surface area contributed by atoms with Gasteiger partial charge in [0.2, 0.25) is 0 Å². The molecule has 31 heavy (non-hydrogen) atoms. The van der Waals surface area contributed by atoms with Crippen LogP contribution < -0.4 is 4.74 Å². The maximum Gasteiger partial charge on any atom is 0.190 e. The van der Waals surface area contributed by atoms with E-state index in [4.69, 9.17) is 4.74 Å². The average molecular weight is 427 g/mol. The first-order valence-electron chi connectivity index (χ1n) is 11.2. The van der Waals surface area contributed by atoms with Crippen LogP contribution in [0, 0.1) is 29.3 Å². The molecule has 0 aromatic heterocycles. The molecule has 0 atom stereocenters. The van der Waals surface area contributed by atoms with Crippen molar-refractivity contribution in [3.63, 3.8) is 0 Å². The van der Waals surface area contributed by atoms with E-state index in [2.05, 4.69) is 6.92 Å². The standard InChI is InChI=1S/C27H29F3O/c1-3-17-4-6-18(7-5-17)8-9-19-10-12-22-20(14-19)11-13-23(26(22)30)21-15-24(28)27(31-2)25(29)16-21/h10-18H,3-9H2,1-2H3/t17-,18-. The van der Waals surface area contributed by atoms with Crippen molar-refractivity contribution in [3.05, 3.63) is 65.5 Å². The molecule has 3 aromatic rings. The molecule has 0 amide bonds. The molecule has 1 aliphatic rings. The normalized spacial score (nSPS) is 19.0. The molecule has 1 fully saturated rings. The summed E-state index contributed by atoms with van der Waals surface area (Å²) in [5.41, 5.74) is 1.54. The summed E-state index contributed by atoms with van der Waals surface area (Å²) in [5.74, 6) is -0.927. The molecule has 0 N–H and O–H groups in total. The Morgan fingerprint density at radius 1 is 0.871 bits per heavy atom. The molecule has 0 aliphatic heterocycles. The monoisotopic (exact) mass is 426 g/mol. The molecule has 1 aliphatic carbocycles. The van der Waals surface area contributed by atoms with Gasteiger partial charge in [0, 0.05) is 10.9 Å². The average Bonchev–Trinajstić information content (AvgIpc) is 2.78. The summed E-state index contributed by atoms with van der Waals surface area (Å²) in [6.45, 7) is 2.28. The third-order valence-electron chi connectivity index (χ3n) is 6.92. The smallest absolute Gasteiger partial charge is 0.190 e. The number of hydrogen-bond acceptors (Lipinski definition) is 1. The van der Waals surface area contributed by atoms with Crippen LogP contribution in [0.15, 0.2) is 42.5 Å². The van der Waals surface area contributed by atoms with Crippen LogP contribution in [0.25, 0.3) is 21.9 Å². The highest BCUT2D eigenvalue weighted by atomic mass is 19.1. The van der Waals surface area contributed by atoms with Gasteiger partial charge in [-0.1, -0.05) is 69.4 Å². The molecule has 1 nitrogen and oxygen atoms in total. The van der Waals surface area contributed by atoms with Gasteiger partial charge in [0.25, 0.3) is 0 Å². The molecule has 0 spiro atoms. The first kappa shape index (κ1) is 21.7. The van der Waals surface area contributed by atoms with E-state index in [0.717, 1.165) is 35.8 Å². The lowest BCUT2D eigenvalue weighted by Crippen LogP contribution is -2.14. The number of methoxy groups -OCH3 is 1.